The van der Waals surface area contributed by atoms with E-state index in [-0.39, 0.29) is 5.91 Å². The van der Waals surface area contributed by atoms with Crippen molar-refractivity contribution in [2.24, 2.45) is 0 Å². The lowest BCUT2D eigenvalue weighted by molar-refractivity contribution is 0.0946. The van der Waals surface area contributed by atoms with E-state index in [1.54, 1.807) is 5.38 Å². The number of hydrogen-bond donors (Lipinski definition) is 1. The van der Waals surface area contributed by atoms with E-state index in [0.29, 0.717) is 12.2 Å². The number of benzene rings is 1. The van der Waals surface area contributed by atoms with Gasteiger partial charge in [0.05, 0.1) is 13.2 Å². The molecule has 0 spiro atoms. The molecule has 0 atom stereocenters. The first-order valence-corrected chi connectivity index (χ1v) is 9.74. The largest absolute Gasteiger partial charge is 0.378 e. The number of carbonyl (C=O) groups excluding carboxylic acids is 1. The Kier molecular flexibility index (Phi) is 5.41. The van der Waals surface area contributed by atoms with Crippen molar-refractivity contribution in [2.45, 2.75) is 6.54 Å². The quantitative estimate of drug-likeness (QED) is 0.737. The smallest absolute Gasteiger partial charge is 0.271 e. The van der Waals surface area contributed by atoms with Gasteiger partial charge in [-0.25, -0.2) is 9.97 Å². The molecule has 27 heavy (non-hydrogen) atoms. The topological polar surface area (TPSA) is 67.4 Å². The summed E-state index contributed by atoms with van der Waals surface area (Å²) in [5.74, 6) is 0.777. The van der Waals surface area contributed by atoms with Crippen LogP contribution in [0.15, 0.2) is 54.0 Å². The van der Waals surface area contributed by atoms with Gasteiger partial charge in [-0.1, -0.05) is 30.3 Å². The summed E-state index contributed by atoms with van der Waals surface area (Å²) in [5, 5.41) is 5.48. The molecule has 1 N–H and O–H groups in total. The van der Waals surface area contributed by atoms with Crippen molar-refractivity contribution in [2.75, 3.05) is 31.2 Å². The Bertz CT molecular complexity index is 890. The Morgan fingerprint density at radius 3 is 2.70 bits per heavy atom. The second kappa shape index (κ2) is 8.28. The lowest BCUT2D eigenvalue weighted by atomic mass is 10.2. The van der Waals surface area contributed by atoms with Gasteiger partial charge in [0.25, 0.3) is 5.91 Å². The Labute approximate surface area is 161 Å². The molecule has 0 saturated carbocycles. The normalized spacial score (nSPS) is 14.1. The van der Waals surface area contributed by atoms with Crippen LogP contribution in [0.2, 0.25) is 0 Å². The van der Waals surface area contributed by atoms with Gasteiger partial charge in [-0.2, -0.15) is 0 Å². The average molecular weight is 380 g/mol. The van der Waals surface area contributed by atoms with Crippen molar-refractivity contribution in [1.82, 2.24) is 15.3 Å². The zero-order chi connectivity index (χ0) is 18.5. The molecule has 1 aromatic carbocycles. The zero-order valence-electron chi connectivity index (χ0n) is 14.8. The number of thiazole rings is 1. The number of aromatic nitrogens is 2. The van der Waals surface area contributed by atoms with E-state index in [0.717, 1.165) is 48.3 Å². The zero-order valence-corrected chi connectivity index (χ0v) is 15.6. The molecule has 0 radical (unpaired) electrons. The molecule has 0 bridgehead atoms. The van der Waals surface area contributed by atoms with E-state index in [1.807, 2.05) is 48.7 Å². The van der Waals surface area contributed by atoms with E-state index in [4.69, 9.17) is 4.74 Å². The number of nitrogens with zero attached hydrogens (tertiary/aromatic N) is 3. The van der Waals surface area contributed by atoms with Crippen molar-refractivity contribution in [3.05, 3.63) is 65.3 Å². The summed E-state index contributed by atoms with van der Waals surface area (Å²) in [6.45, 7) is 3.67. The maximum Gasteiger partial charge on any atom is 0.271 e. The summed E-state index contributed by atoms with van der Waals surface area (Å²) in [5.41, 5.74) is 2.41. The van der Waals surface area contributed by atoms with Crippen LogP contribution in [0, 0.1) is 0 Å². The predicted molar refractivity (Wildman–Crippen MR) is 106 cm³/mol. The van der Waals surface area contributed by atoms with E-state index < -0.39 is 0 Å². The number of rotatable bonds is 5. The minimum absolute atomic E-state index is 0.167. The van der Waals surface area contributed by atoms with Gasteiger partial charge in [0.2, 0.25) is 0 Å². The maximum atomic E-state index is 12.3. The molecule has 1 fully saturated rings. The highest BCUT2D eigenvalue weighted by Crippen LogP contribution is 2.25. The van der Waals surface area contributed by atoms with Gasteiger partial charge < -0.3 is 15.0 Å². The van der Waals surface area contributed by atoms with Crippen molar-refractivity contribution in [1.29, 1.82) is 0 Å². The Hall–Kier alpha value is -2.77. The summed E-state index contributed by atoms with van der Waals surface area (Å²) >= 11 is 1.45. The molecule has 1 saturated heterocycles. The van der Waals surface area contributed by atoms with Crippen LogP contribution in [-0.2, 0) is 11.3 Å². The number of morpholine rings is 1. The van der Waals surface area contributed by atoms with Gasteiger partial charge in [-0.05, 0) is 17.7 Å². The molecule has 4 rings (SSSR count). The molecule has 0 unspecified atom stereocenters. The summed E-state index contributed by atoms with van der Waals surface area (Å²) < 4.78 is 5.37. The summed E-state index contributed by atoms with van der Waals surface area (Å²) in [6.07, 6.45) is 1.81. The number of hydrogen-bond acceptors (Lipinski definition) is 6. The van der Waals surface area contributed by atoms with E-state index in [2.05, 4.69) is 20.2 Å². The standard InChI is InChI=1S/C20H20N4O2S/c25-19(22-12-15-4-2-1-3-5-15)17-14-27-20(23-17)16-6-7-18(21-13-16)24-8-10-26-11-9-24/h1-7,13-14H,8-12H2,(H,22,25). The third-order valence-electron chi connectivity index (χ3n) is 4.36. The molecule has 1 amide bonds. The lowest BCUT2D eigenvalue weighted by Gasteiger charge is -2.27. The molecule has 7 heteroatoms. The van der Waals surface area contributed by atoms with Gasteiger partial charge >= 0.3 is 0 Å². The van der Waals surface area contributed by atoms with Crippen molar-refractivity contribution in [3.63, 3.8) is 0 Å². The van der Waals surface area contributed by atoms with Crippen LogP contribution < -0.4 is 10.2 Å². The number of anilines is 1. The minimum Gasteiger partial charge on any atom is -0.378 e. The SMILES string of the molecule is O=C(NCc1ccccc1)c1csc(-c2ccc(N3CCOCC3)nc2)n1. The highest BCUT2D eigenvalue weighted by molar-refractivity contribution is 7.13. The molecule has 3 heterocycles. The minimum atomic E-state index is -0.167. The first-order valence-electron chi connectivity index (χ1n) is 8.86. The number of carbonyl (C=O) groups is 1. The molecule has 2 aromatic heterocycles. The van der Waals surface area contributed by atoms with Crippen LogP contribution in [0.25, 0.3) is 10.6 Å². The molecule has 138 valence electrons. The van der Waals surface area contributed by atoms with Crippen LogP contribution in [0.4, 0.5) is 5.82 Å². The summed E-state index contributed by atoms with van der Waals surface area (Å²) in [6, 6.07) is 13.8. The van der Waals surface area contributed by atoms with Crippen LogP contribution in [0.5, 0.6) is 0 Å². The summed E-state index contributed by atoms with van der Waals surface area (Å²) in [7, 11) is 0. The molecular weight excluding hydrogens is 360 g/mol. The van der Waals surface area contributed by atoms with Crippen molar-refractivity contribution < 1.29 is 9.53 Å². The molecule has 3 aromatic rings. The Balaban J connectivity index is 1.40. The van der Waals surface area contributed by atoms with Gasteiger partial charge in [-0.3, -0.25) is 4.79 Å². The Morgan fingerprint density at radius 1 is 1.15 bits per heavy atom. The Morgan fingerprint density at radius 2 is 1.96 bits per heavy atom. The van der Waals surface area contributed by atoms with Gasteiger partial charge in [0.1, 0.15) is 16.5 Å². The molecule has 1 aliphatic heterocycles. The number of pyridine rings is 1. The van der Waals surface area contributed by atoms with Crippen LogP contribution in [0.1, 0.15) is 16.1 Å². The number of nitrogens with one attached hydrogen (secondary N) is 1. The maximum absolute atomic E-state index is 12.3. The monoisotopic (exact) mass is 380 g/mol. The fourth-order valence-corrected chi connectivity index (χ4v) is 3.66. The molecule has 6 nitrogen and oxygen atoms in total. The van der Waals surface area contributed by atoms with Gasteiger partial charge in [-0.15, -0.1) is 11.3 Å². The number of ether oxygens (including phenoxy) is 1. The van der Waals surface area contributed by atoms with Crippen LogP contribution in [-0.4, -0.2) is 42.2 Å². The lowest BCUT2D eigenvalue weighted by Crippen LogP contribution is -2.36. The molecule has 0 aliphatic carbocycles. The number of amides is 1. The fourth-order valence-electron chi connectivity index (χ4n) is 2.87. The van der Waals surface area contributed by atoms with Gasteiger partial charge in [0, 0.05) is 36.8 Å². The van der Waals surface area contributed by atoms with Crippen LogP contribution >= 0.6 is 11.3 Å². The van der Waals surface area contributed by atoms with Gasteiger partial charge in [0.15, 0.2) is 0 Å². The van der Waals surface area contributed by atoms with E-state index >= 15 is 0 Å². The first-order chi connectivity index (χ1) is 13.3. The third-order valence-corrected chi connectivity index (χ3v) is 5.25. The predicted octanol–water partition coefficient (Wildman–Crippen LogP) is 2.97. The highest BCUT2D eigenvalue weighted by Gasteiger charge is 2.14. The van der Waals surface area contributed by atoms with Crippen molar-refractivity contribution >= 4 is 23.1 Å². The summed E-state index contributed by atoms with van der Waals surface area (Å²) in [4.78, 5) is 23.5. The van der Waals surface area contributed by atoms with Crippen molar-refractivity contribution in [3.8, 4) is 10.6 Å². The van der Waals surface area contributed by atoms with E-state index in [1.165, 1.54) is 11.3 Å². The van der Waals surface area contributed by atoms with Crippen LogP contribution in [0.3, 0.4) is 0 Å². The average Bonchev–Trinajstić information content (AvgIpc) is 3.24. The second-order valence-electron chi connectivity index (χ2n) is 6.21. The van der Waals surface area contributed by atoms with E-state index in [9.17, 15) is 4.79 Å². The molecule has 1 aliphatic rings. The first kappa shape index (κ1) is 17.6. The second-order valence-corrected chi connectivity index (χ2v) is 7.07. The molecular formula is C20H20N4O2S. The third kappa shape index (κ3) is 4.32. The fraction of sp³-hybridized carbons (Fsp3) is 0.250. The highest BCUT2D eigenvalue weighted by atomic mass is 32.1.